The lowest BCUT2D eigenvalue weighted by Crippen LogP contribution is -2.43. The summed E-state index contributed by atoms with van der Waals surface area (Å²) in [6.45, 7) is 2.32. The Kier molecular flexibility index (Phi) is 4.58. The van der Waals surface area contributed by atoms with Crippen molar-refractivity contribution in [3.63, 3.8) is 0 Å². The van der Waals surface area contributed by atoms with E-state index in [-0.39, 0.29) is 11.8 Å². The van der Waals surface area contributed by atoms with Crippen molar-refractivity contribution in [1.29, 1.82) is 5.26 Å². The smallest absolute Gasteiger partial charge is 0.240 e. The van der Waals surface area contributed by atoms with Gasteiger partial charge in [0.25, 0.3) is 0 Å². The first-order chi connectivity index (χ1) is 17.9. The van der Waals surface area contributed by atoms with Crippen LogP contribution in [-0.4, -0.2) is 34.6 Å². The minimum absolute atomic E-state index is 0.273. The van der Waals surface area contributed by atoms with E-state index in [1.54, 1.807) is 6.07 Å². The summed E-state index contributed by atoms with van der Waals surface area (Å²) in [7, 11) is 0. The van der Waals surface area contributed by atoms with Crippen LogP contribution in [0.5, 0.6) is 5.75 Å². The molecule has 7 heteroatoms. The first-order valence-corrected chi connectivity index (χ1v) is 12.6. The van der Waals surface area contributed by atoms with Gasteiger partial charge in [-0.05, 0) is 55.5 Å². The predicted molar refractivity (Wildman–Crippen MR) is 138 cm³/mol. The van der Waals surface area contributed by atoms with Crippen LogP contribution in [0.2, 0.25) is 0 Å². The number of hydrogen-bond donors (Lipinski definition) is 1. The van der Waals surface area contributed by atoms with Crippen molar-refractivity contribution in [3.05, 3.63) is 72.4 Å². The Balaban J connectivity index is 1.20. The van der Waals surface area contributed by atoms with Crippen LogP contribution >= 0.6 is 0 Å². The van der Waals surface area contributed by atoms with E-state index in [2.05, 4.69) is 11.1 Å². The van der Waals surface area contributed by atoms with Gasteiger partial charge in [-0.2, -0.15) is 5.26 Å². The van der Waals surface area contributed by atoms with Crippen molar-refractivity contribution < 1.29 is 19.1 Å². The number of amides is 2. The third kappa shape index (κ3) is 3.03. The zero-order valence-corrected chi connectivity index (χ0v) is 20.4. The molecule has 0 aliphatic carbocycles. The molecule has 0 spiro atoms. The average Bonchev–Trinajstić information content (AvgIpc) is 3.63. The Morgan fingerprint density at radius 1 is 1.05 bits per heavy atom. The molecule has 4 atom stereocenters. The summed E-state index contributed by atoms with van der Waals surface area (Å²) < 4.78 is 12.6. The van der Waals surface area contributed by atoms with Crippen molar-refractivity contribution in [3.8, 4) is 11.8 Å². The van der Waals surface area contributed by atoms with Crippen LogP contribution < -0.4 is 9.64 Å². The quantitative estimate of drug-likeness (QED) is 0.393. The molecule has 2 bridgehead atoms. The van der Waals surface area contributed by atoms with Gasteiger partial charge in [-0.1, -0.05) is 30.3 Å². The van der Waals surface area contributed by atoms with E-state index in [4.69, 9.17) is 9.47 Å². The first-order valence-electron chi connectivity index (χ1n) is 12.6. The molecule has 37 heavy (non-hydrogen) atoms. The van der Waals surface area contributed by atoms with Gasteiger partial charge in [-0.25, -0.2) is 4.90 Å². The summed E-state index contributed by atoms with van der Waals surface area (Å²) >= 11 is 0. The number of hydrogen-bond acceptors (Lipinski definition) is 5. The number of carbonyl (C=O) groups is 2. The van der Waals surface area contributed by atoms with Crippen LogP contribution in [0.25, 0.3) is 21.7 Å². The molecular formula is C30H25N3O4. The summed E-state index contributed by atoms with van der Waals surface area (Å²) in [5.74, 6) is -0.955. The van der Waals surface area contributed by atoms with Crippen LogP contribution in [0.4, 0.5) is 5.69 Å². The van der Waals surface area contributed by atoms with Crippen LogP contribution in [0.3, 0.4) is 0 Å². The Morgan fingerprint density at radius 2 is 1.89 bits per heavy atom. The summed E-state index contributed by atoms with van der Waals surface area (Å²) in [4.78, 5) is 32.2. The Labute approximate surface area is 213 Å². The normalized spacial score (nSPS) is 28.3. The SMILES string of the molecule is CC12CCC(CCOc3ccc4[nH]ccc4c3)(O1)C1C(=O)N(c3ccc4ccccc4c3C#N)C(=O)C12. The van der Waals surface area contributed by atoms with Crippen molar-refractivity contribution in [1.82, 2.24) is 4.98 Å². The second kappa shape index (κ2) is 7.67. The van der Waals surface area contributed by atoms with Gasteiger partial charge in [0.2, 0.25) is 11.8 Å². The predicted octanol–water partition coefficient (Wildman–Crippen LogP) is 5.09. The molecule has 3 aliphatic heterocycles. The lowest BCUT2D eigenvalue weighted by molar-refractivity contribution is -0.131. The Morgan fingerprint density at radius 3 is 2.76 bits per heavy atom. The van der Waals surface area contributed by atoms with E-state index in [0.717, 1.165) is 27.4 Å². The average molecular weight is 492 g/mol. The molecule has 0 radical (unpaired) electrons. The first kappa shape index (κ1) is 22.1. The summed E-state index contributed by atoms with van der Waals surface area (Å²) in [5.41, 5.74) is 0.276. The molecule has 4 aromatic rings. The molecule has 0 saturated carbocycles. The number of fused-ring (bicyclic) bond motifs is 7. The van der Waals surface area contributed by atoms with Gasteiger partial charge in [0.15, 0.2) is 0 Å². The minimum Gasteiger partial charge on any atom is -0.493 e. The molecule has 2 amide bonds. The van der Waals surface area contributed by atoms with Gasteiger partial charge in [0.05, 0.1) is 40.9 Å². The lowest BCUT2D eigenvalue weighted by atomic mass is 9.67. The largest absolute Gasteiger partial charge is 0.493 e. The van der Waals surface area contributed by atoms with Gasteiger partial charge in [0, 0.05) is 28.9 Å². The molecular weight excluding hydrogens is 466 g/mol. The zero-order chi connectivity index (χ0) is 25.4. The number of imide groups is 1. The number of nitrogens with zero attached hydrogens (tertiary/aromatic N) is 2. The maximum absolute atomic E-state index is 14.0. The number of benzene rings is 3. The van der Waals surface area contributed by atoms with E-state index < -0.39 is 23.0 Å². The van der Waals surface area contributed by atoms with Crippen LogP contribution in [0.1, 0.15) is 31.7 Å². The van der Waals surface area contributed by atoms with Gasteiger partial charge < -0.3 is 14.5 Å². The number of aromatic amines is 1. The third-order valence-corrected chi connectivity index (χ3v) is 8.59. The molecule has 4 heterocycles. The number of carbonyl (C=O) groups excluding carboxylic acids is 2. The lowest BCUT2D eigenvalue weighted by Gasteiger charge is -2.31. The molecule has 1 N–H and O–H groups in total. The highest BCUT2D eigenvalue weighted by atomic mass is 16.5. The van der Waals surface area contributed by atoms with Crippen molar-refractivity contribution in [2.75, 3.05) is 11.5 Å². The van der Waals surface area contributed by atoms with Gasteiger partial charge in [0.1, 0.15) is 11.8 Å². The van der Waals surface area contributed by atoms with Crippen LogP contribution in [-0.2, 0) is 14.3 Å². The molecule has 3 saturated heterocycles. The summed E-state index contributed by atoms with van der Waals surface area (Å²) in [5, 5.41) is 12.7. The highest BCUT2D eigenvalue weighted by Crippen LogP contribution is 2.62. The maximum atomic E-state index is 14.0. The standard InChI is InChI=1S/C30H25N3O4/c1-29-11-12-30(37-29,13-15-36-20-7-8-23-19(16-20)10-14-32-23)26-25(29)27(34)33(28(26)35)24-9-6-18-4-2-3-5-21(18)22(24)17-31/h2-10,14,16,25-26,32H,11-13,15H2,1H3. The molecule has 7 nitrogen and oxygen atoms in total. The van der Waals surface area contributed by atoms with Crippen molar-refractivity contribution in [2.24, 2.45) is 11.8 Å². The van der Waals surface area contributed by atoms with E-state index in [0.29, 0.717) is 37.1 Å². The molecule has 3 aromatic carbocycles. The zero-order valence-electron chi connectivity index (χ0n) is 20.4. The minimum atomic E-state index is -0.761. The van der Waals surface area contributed by atoms with Crippen LogP contribution in [0.15, 0.2) is 66.9 Å². The fraction of sp³-hybridized carbons (Fsp3) is 0.300. The van der Waals surface area contributed by atoms with Crippen molar-refractivity contribution >= 4 is 39.2 Å². The number of nitriles is 1. The summed E-state index contributed by atoms with van der Waals surface area (Å²) in [6.07, 6.45) is 3.80. The fourth-order valence-corrected chi connectivity index (χ4v) is 6.87. The molecule has 1 aromatic heterocycles. The maximum Gasteiger partial charge on any atom is 0.240 e. The highest BCUT2D eigenvalue weighted by molar-refractivity contribution is 6.24. The molecule has 184 valence electrons. The second-order valence-corrected chi connectivity index (χ2v) is 10.6. The monoisotopic (exact) mass is 491 g/mol. The van der Waals surface area contributed by atoms with E-state index in [9.17, 15) is 14.9 Å². The third-order valence-electron chi connectivity index (χ3n) is 8.59. The Hall–Kier alpha value is -4.15. The molecule has 4 unspecified atom stereocenters. The molecule has 3 aliphatic rings. The van der Waals surface area contributed by atoms with E-state index >= 15 is 0 Å². The van der Waals surface area contributed by atoms with Gasteiger partial charge in [-0.15, -0.1) is 0 Å². The molecule has 3 fully saturated rings. The number of aromatic nitrogens is 1. The topological polar surface area (TPSA) is 95.4 Å². The highest BCUT2D eigenvalue weighted by Gasteiger charge is 2.74. The number of H-pyrrole nitrogens is 1. The van der Waals surface area contributed by atoms with E-state index in [1.165, 1.54) is 4.90 Å². The van der Waals surface area contributed by atoms with Crippen molar-refractivity contribution in [2.45, 2.75) is 37.4 Å². The number of ether oxygens (including phenoxy) is 2. The van der Waals surface area contributed by atoms with Gasteiger partial charge in [-0.3, -0.25) is 9.59 Å². The Bertz CT molecular complexity index is 1650. The number of nitrogens with one attached hydrogen (secondary N) is 1. The van der Waals surface area contributed by atoms with Gasteiger partial charge >= 0.3 is 0 Å². The van der Waals surface area contributed by atoms with Crippen LogP contribution in [0, 0.1) is 23.2 Å². The molecule has 7 rings (SSSR count). The second-order valence-electron chi connectivity index (χ2n) is 10.6. The van der Waals surface area contributed by atoms with E-state index in [1.807, 2.05) is 67.7 Å². The number of rotatable bonds is 5. The fourth-order valence-electron chi connectivity index (χ4n) is 6.87. The number of anilines is 1. The summed E-state index contributed by atoms with van der Waals surface area (Å²) in [6, 6.07) is 21.2.